The Morgan fingerprint density at radius 2 is 2.14 bits per heavy atom. The number of carbonyl (C=O) groups is 2. The summed E-state index contributed by atoms with van der Waals surface area (Å²) in [4.78, 5) is 23.4. The number of amides is 1. The molecule has 0 aliphatic carbocycles. The number of rotatable bonds is 5. The minimum Gasteiger partial charge on any atom is -0.480 e. The highest BCUT2D eigenvalue weighted by molar-refractivity contribution is 6.32. The molecule has 0 bridgehead atoms. The summed E-state index contributed by atoms with van der Waals surface area (Å²) in [7, 11) is 0. The van der Waals surface area contributed by atoms with Crippen LogP contribution in [0.5, 0.6) is 11.5 Å². The molecule has 0 saturated heterocycles. The smallest absolute Gasteiger partial charge is 0.326 e. The number of aliphatic carboxylic acids is 1. The Balaban J connectivity index is 2.20. The molecule has 1 aliphatic heterocycles. The molecule has 114 valence electrons. The van der Waals surface area contributed by atoms with E-state index in [4.69, 9.17) is 21.1 Å². The Hall–Kier alpha value is -1.95. The maximum absolute atomic E-state index is 12.2. The molecule has 6 nitrogen and oxygen atoms in total. The summed E-state index contributed by atoms with van der Waals surface area (Å²) in [6.07, 6.45) is 0.638. The highest BCUT2D eigenvalue weighted by atomic mass is 35.5. The zero-order valence-electron chi connectivity index (χ0n) is 11.7. The molecule has 0 aromatic heterocycles. The van der Waals surface area contributed by atoms with E-state index in [1.54, 1.807) is 6.92 Å². The molecule has 0 saturated carbocycles. The van der Waals surface area contributed by atoms with Crippen molar-refractivity contribution in [3.63, 3.8) is 0 Å². The van der Waals surface area contributed by atoms with Gasteiger partial charge in [0.1, 0.15) is 6.04 Å². The molecule has 1 aromatic carbocycles. The summed E-state index contributed by atoms with van der Waals surface area (Å²) >= 11 is 6.01. The van der Waals surface area contributed by atoms with Crippen molar-refractivity contribution in [3.8, 4) is 11.5 Å². The number of hydrogen-bond acceptors (Lipinski definition) is 4. The highest BCUT2D eigenvalue weighted by Gasteiger charge is 2.27. The van der Waals surface area contributed by atoms with E-state index in [9.17, 15) is 14.7 Å². The van der Waals surface area contributed by atoms with Gasteiger partial charge in [-0.25, -0.2) is 4.79 Å². The van der Waals surface area contributed by atoms with E-state index in [1.807, 2.05) is 6.92 Å². The van der Waals surface area contributed by atoms with Gasteiger partial charge in [0.2, 0.25) is 6.79 Å². The fraction of sp³-hybridized carbons (Fsp3) is 0.429. The average Bonchev–Trinajstić information content (AvgIpc) is 2.92. The van der Waals surface area contributed by atoms with Crippen LogP contribution in [0.4, 0.5) is 0 Å². The zero-order chi connectivity index (χ0) is 15.6. The van der Waals surface area contributed by atoms with Crippen LogP contribution in [0, 0.1) is 5.92 Å². The Morgan fingerprint density at radius 1 is 1.43 bits per heavy atom. The molecule has 2 rings (SSSR count). The van der Waals surface area contributed by atoms with Crippen LogP contribution in [0.2, 0.25) is 5.02 Å². The number of nitrogens with one attached hydrogen (secondary N) is 1. The van der Waals surface area contributed by atoms with Crippen LogP contribution in [-0.2, 0) is 4.79 Å². The summed E-state index contributed by atoms with van der Waals surface area (Å²) in [6.45, 7) is 3.68. The molecule has 21 heavy (non-hydrogen) atoms. The van der Waals surface area contributed by atoms with Gasteiger partial charge in [-0.15, -0.1) is 0 Å². The standard InChI is InChI=1S/C14H16ClNO5/c1-3-7(2)11(14(18)19)16-13(17)8-4-9(15)12-10(5-8)20-6-21-12/h4-5,7,11H,3,6H2,1-2H3,(H,16,17)(H,18,19)/t7?,11-/m0/s1. The second kappa shape index (κ2) is 6.22. The average molecular weight is 314 g/mol. The fourth-order valence-corrected chi connectivity index (χ4v) is 2.27. The topological polar surface area (TPSA) is 84.9 Å². The van der Waals surface area contributed by atoms with Gasteiger partial charge in [-0.05, 0) is 18.1 Å². The summed E-state index contributed by atoms with van der Waals surface area (Å²) in [6, 6.07) is 1.96. The molecule has 1 aliphatic rings. The SMILES string of the molecule is CCC(C)[C@H](NC(=O)c1cc(Cl)c2c(c1)OCO2)C(=O)O. The van der Waals surface area contributed by atoms with Crippen molar-refractivity contribution in [3.05, 3.63) is 22.7 Å². The summed E-state index contributed by atoms with van der Waals surface area (Å²) in [5.74, 6) is -0.989. The lowest BCUT2D eigenvalue weighted by Gasteiger charge is -2.20. The molecule has 1 aromatic rings. The third-order valence-electron chi connectivity index (χ3n) is 3.46. The number of ether oxygens (including phenoxy) is 2. The second-order valence-corrected chi connectivity index (χ2v) is 5.27. The normalized spacial score (nSPS) is 15.4. The first kappa shape index (κ1) is 15.4. The van der Waals surface area contributed by atoms with Gasteiger partial charge in [0, 0.05) is 5.56 Å². The predicted molar refractivity (Wildman–Crippen MR) is 75.9 cm³/mol. The van der Waals surface area contributed by atoms with Gasteiger partial charge in [0.05, 0.1) is 5.02 Å². The van der Waals surface area contributed by atoms with E-state index >= 15 is 0 Å². The fourth-order valence-electron chi connectivity index (χ4n) is 2.01. The molecule has 7 heteroatoms. The lowest BCUT2D eigenvalue weighted by Crippen LogP contribution is -2.45. The van der Waals surface area contributed by atoms with Crippen LogP contribution >= 0.6 is 11.6 Å². The molecule has 2 atom stereocenters. The van der Waals surface area contributed by atoms with Gasteiger partial charge >= 0.3 is 5.97 Å². The van der Waals surface area contributed by atoms with E-state index in [-0.39, 0.29) is 23.3 Å². The molecular weight excluding hydrogens is 298 g/mol. The van der Waals surface area contributed by atoms with E-state index in [2.05, 4.69) is 5.32 Å². The molecule has 1 amide bonds. The van der Waals surface area contributed by atoms with Crippen molar-refractivity contribution in [1.29, 1.82) is 0 Å². The maximum Gasteiger partial charge on any atom is 0.326 e. The monoisotopic (exact) mass is 313 g/mol. The molecule has 0 radical (unpaired) electrons. The number of hydrogen-bond donors (Lipinski definition) is 2. The molecule has 0 spiro atoms. The third-order valence-corrected chi connectivity index (χ3v) is 3.74. The van der Waals surface area contributed by atoms with Crippen molar-refractivity contribution < 1.29 is 24.2 Å². The van der Waals surface area contributed by atoms with Gasteiger partial charge in [0.15, 0.2) is 11.5 Å². The van der Waals surface area contributed by atoms with E-state index in [1.165, 1.54) is 12.1 Å². The first-order valence-electron chi connectivity index (χ1n) is 6.56. The van der Waals surface area contributed by atoms with E-state index < -0.39 is 17.9 Å². The number of carboxylic acid groups (broad SMARTS) is 1. The minimum absolute atomic E-state index is 0.0464. The molecule has 1 unspecified atom stereocenters. The third kappa shape index (κ3) is 3.21. The first-order chi connectivity index (χ1) is 9.93. The van der Waals surface area contributed by atoms with Gasteiger partial charge in [0.25, 0.3) is 5.91 Å². The first-order valence-corrected chi connectivity index (χ1v) is 6.94. The molecule has 1 heterocycles. The van der Waals surface area contributed by atoms with Crippen LogP contribution in [0.3, 0.4) is 0 Å². The van der Waals surface area contributed by atoms with Crippen LogP contribution in [0.25, 0.3) is 0 Å². The minimum atomic E-state index is -1.07. The Bertz CT molecular complexity index is 575. The Kier molecular flexibility index (Phi) is 4.57. The quantitative estimate of drug-likeness (QED) is 0.871. The van der Waals surface area contributed by atoms with Crippen LogP contribution in [0.15, 0.2) is 12.1 Å². The number of benzene rings is 1. The molecular formula is C14H16ClNO5. The Labute approximate surface area is 127 Å². The van der Waals surface area contributed by atoms with Crippen molar-refractivity contribution in [2.24, 2.45) is 5.92 Å². The predicted octanol–water partition coefficient (Wildman–Crippen LogP) is 2.30. The maximum atomic E-state index is 12.2. The highest BCUT2D eigenvalue weighted by Crippen LogP contribution is 2.39. The van der Waals surface area contributed by atoms with Gasteiger partial charge in [-0.3, -0.25) is 4.79 Å². The number of carboxylic acids is 1. The summed E-state index contributed by atoms with van der Waals surface area (Å²) in [5.41, 5.74) is 0.235. The molecule has 0 fully saturated rings. The Morgan fingerprint density at radius 3 is 2.76 bits per heavy atom. The lowest BCUT2D eigenvalue weighted by molar-refractivity contribution is -0.140. The zero-order valence-corrected chi connectivity index (χ0v) is 12.4. The second-order valence-electron chi connectivity index (χ2n) is 4.87. The van der Waals surface area contributed by atoms with Crippen LogP contribution < -0.4 is 14.8 Å². The largest absolute Gasteiger partial charge is 0.480 e. The van der Waals surface area contributed by atoms with Crippen molar-refractivity contribution in [2.75, 3.05) is 6.79 Å². The van der Waals surface area contributed by atoms with Crippen molar-refractivity contribution >= 4 is 23.5 Å². The summed E-state index contributed by atoms with van der Waals surface area (Å²) < 4.78 is 10.3. The van der Waals surface area contributed by atoms with Crippen molar-refractivity contribution in [1.82, 2.24) is 5.32 Å². The van der Waals surface area contributed by atoms with Gasteiger partial charge < -0.3 is 19.9 Å². The number of carbonyl (C=O) groups excluding carboxylic acids is 1. The molecule has 2 N–H and O–H groups in total. The van der Waals surface area contributed by atoms with Crippen LogP contribution in [0.1, 0.15) is 30.6 Å². The van der Waals surface area contributed by atoms with Crippen molar-refractivity contribution in [2.45, 2.75) is 26.3 Å². The summed E-state index contributed by atoms with van der Waals surface area (Å²) in [5, 5.41) is 12.0. The van der Waals surface area contributed by atoms with Crippen LogP contribution in [-0.4, -0.2) is 29.8 Å². The number of fused-ring (bicyclic) bond motifs is 1. The van der Waals surface area contributed by atoms with E-state index in [0.717, 1.165) is 0 Å². The van der Waals surface area contributed by atoms with E-state index in [0.29, 0.717) is 17.9 Å². The van der Waals surface area contributed by atoms with Gasteiger partial charge in [-0.1, -0.05) is 31.9 Å². The van der Waals surface area contributed by atoms with Gasteiger partial charge in [-0.2, -0.15) is 0 Å². The lowest BCUT2D eigenvalue weighted by atomic mass is 9.99. The number of halogens is 1.